The molecule has 0 saturated carbocycles. The lowest BCUT2D eigenvalue weighted by Gasteiger charge is -2.32. The Morgan fingerprint density at radius 3 is 2.08 bits per heavy atom. The highest BCUT2D eigenvalue weighted by molar-refractivity contribution is 5.89. The predicted octanol–water partition coefficient (Wildman–Crippen LogP) is 5.55. The number of alkyl halides is 3. The Labute approximate surface area is 150 Å². The maximum Gasteiger partial charge on any atom is 0.573 e. The average molecular weight is 366 g/mol. The van der Waals surface area contributed by atoms with Crippen LogP contribution in [0.1, 0.15) is 48.2 Å². The van der Waals surface area contributed by atoms with Crippen LogP contribution in [0.3, 0.4) is 0 Å². The largest absolute Gasteiger partial charge is 0.573 e. The van der Waals surface area contributed by atoms with E-state index in [0.717, 1.165) is 5.56 Å². The second kappa shape index (κ2) is 7.40. The summed E-state index contributed by atoms with van der Waals surface area (Å²) in [6, 6.07) is 12.9. The van der Waals surface area contributed by atoms with Crippen LogP contribution in [0.2, 0.25) is 0 Å². The van der Waals surface area contributed by atoms with Crippen LogP contribution in [0, 0.1) is 5.41 Å². The number of benzene rings is 2. The number of rotatable bonds is 4. The third-order valence-electron chi connectivity index (χ3n) is 3.96. The molecule has 1 atom stereocenters. The van der Waals surface area contributed by atoms with Crippen molar-refractivity contribution in [1.29, 1.82) is 0 Å². The molecule has 3 nitrogen and oxygen atoms in total. The van der Waals surface area contributed by atoms with E-state index in [-0.39, 0.29) is 17.1 Å². The van der Waals surface area contributed by atoms with Gasteiger partial charge in [-0.1, -0.05) is 45.0 Å². The van der Waals surface area contributed by atoms with Crippen molar-refractivity contribution >= 4 is 5.97 Å². The molecule has 0 bridgehead atoms. The Morgan fingerprint density at radius 1 is 0.962 bits per heavy atom. The normalized spacial score (nSPS) is 13.2. The van der Waals surface area contributed by atoms with Gasteiger partial charge in [-0.25, -0.2) is 4.79 Å². The van der Waals surface area contributed by atoms with E-state index in [2.05, 4.69) is 9.47 Å². The number of hydrogen-bond acceptors (Lipinski definition) is 3. The second-order valence-corrected chi connectivity index (χ2v) is 7.03. The number of ether oxygens (including phenoxy) is 2. The number of esters is 1. The standard InChI is InChI=1S/C20H21F3O3/c1-19(2,3)17(13-8-10-14(11-9-13)18(24)25-4)15-6-5-7-16(12-15)26-20(21,22)23/h5-12,17H,1-4H3. The fourth-order valence-electron chi connectivity index (χ4n) is 3.01. The van der Waals surface area contributed by atoms with Gasteiger partial charge >= 0.3 is 12.3 Å². The summed E-state index contributed by atoms with van der Waals surface area (Å²) in [6.45, 7) is 6.01. The quantitative estimate of drug-likeness (QED) is 0.666. The number of carbonyl (C=O) groups is 1. The number of hydrogen-bond donors (Lipinski definition) is 0. The molecule has 2 rings (SSSR count). The topological polar surface area (TPSA) is 35.5 Å². The van der Waals surface area contributed by atoms with Gasteiger partial charge in [-0.15, -0.1) is 13.2 Å². The first-order valence-corrected chi connectivity index (χ1v) is 8.05. The Morgan fingerprint density at radius 2 is 1.58 bits per heavy atom. The minimum Gasteiger partial charge on any atom is -0.465 e. The van der Waals surface area contributed by atoms with Gasteiger partial charge in [0.05, 0.1) is 12.7 Å². The molecule has 0 aliphatic carbocycles. The summed E-state index contributed by atoms with van der Waals surface area (Å²) >= 11 is 0. The van der Waals surface area contributed by atoms with Gasteiger partial charge in [0.2, 0.25) is 0 Å². The summed E-state index contributed by atoms with van der Waals surface area (Å²) in [7, 11) is 1.31. The van der Waals surface area contributed by atoms with Crippen molar-refractivity contribution in [2.75, 3.05) is 7.11 Å². The van der Waals surface area contributed by atoms with Crippen LogP contribution in [0.25, 0.3) is 0 Å². The first-order chi connectivity index (χ1) is 12.0. The summed E-state index contributed by atoms with van der Waals surface area (Å²) in [5.41, 5.74) is 1.72. The van der Waals surface area contributed by atoms with Crippen LogP contribution in [0.4, 0.5) is 13.2 Å². The second-order valence-electron chi connectivity index (χ2n) is 7.03. The van der Waals surface area contributed by atoms with Crippen molar-refractivity contribution in [2.45, 2.75) is 33.1 Å². The van der Waals surface area contributed by atoms with Crippen molar-refractivity contribution in [1.82, 2.24) is 0 Å². The lowest BCUT2D eigenvalue weighted by Crippen LogP contribution is -2.21. The van der Waals surface area contributed by atoms with Crippen LogP contribution >= 0.6 is 0 Å². The Balaban J connectivity index is 2.43. The maximum atomic E-state index is 12.5. The molecular formula is C20H21F3O3. The molecule has 140 valence electrons. The third-order valence-corrected chi connectivity index (χ3v) is 3.96. The van der Waals surface area contributed by atoms with E-state index in [1.807, 2.05) is 20.8 Å². The first kappa shape index (κ1) is 19.8. The maximum absolute atomic E-state index is 12.5. The average Bonchev–Trinajstić information content (AvgIpc) is 2.52. The van der Waals surface area contributed by atoms with Crippen LogP contribution in [0.5, 0.6) is 5.75 Å². The van der Waals surface area contributed by atoms with Crippen molar-refractivity contribution in [2.24, 2.45) is 5.41 Å². The van der Waals surface area contributed by atoms with Crippen LogP contribution in [-0.2, 0) is 4.74 Å². The molecule has 0 aliphatic rings. The summed E-state index contributed by atoms with van der Waals surface area (Å²) in [5.74, 6) is -0.883. The monoisotopic (exact) mass is 366 g/mol. The molecule has 0 amide bonds. The fraction of sp³-hybridized carbons (Fsp3) is 0.350. The highest BCUT2D eigenvalue weighted by atomic mass is 19.4. The van der Waals surface area contributed by atoms with E-state index in [0.29, 0.717) is 11.1 Å². The number of carbonyl (C=O) groups excluding carboxylic acids is 1. The third kappa shape index (κ3) is 5.00. The SMILES string of the molecule is COC(=O)c1ccc(C(c2cccc(OC(F)(F)F)c2)C(C)(C)C)cc1. The number of halogens is 3. The van der Waals surface area contributed by atoms with E-state index in [1.54, 1.807) is 30.3 Å². The molecule has 0 radical (unpaired) electrons. The highest BCUT2D eigenvalue weighted by Gasteiger charge is 2.32. The molecule has 0 N–H and O–H groups in total. The van der Waals surface area contributed by atoms with Gasteiger partial charge in [-0.2, -0.15) is 0 Å². The van der Waals surface area contributed by atoms with Crippen LogP contribution < -0.4 is 4.74 Å². The summed E-state index contributed by atoms with van der Waals surface area (Å²) in [6.07, 6.45) is -4.74. The highest BCUT2D eigenvalue weighted by Crippen LogP contribution is 2.41. The zero-order chi connectivity index (χ0) is 19.5. The molecule has 0 fully saturated rings. The van der Waals surface area contributed by atoms with Gasteiger partial charge in [0.1, 0.15) is 5.75 Å². The van der Waals surface area contributed by atoms with E-state index in [1.165, 1.54) is 25.3 Å². The lowest BCUT2D eigenvalue weighted by atomic mass is 9.72. The molecule has 2 aromatic rings. The smallest absolute Gasteiger partial charge is 0.465 e. The van der Waals surface area contributed by atoms with Crippen molar-refractivity contribution in [3.8, 4) is 5.75 Å². The lowest BCUT2D eigenvalue weighted by molar-refractivity contribution is -0.274. The van der Waals surface area contributed by atoms with E-state index in [9.17, 15) is 18.0 Å². The number of methoxy groups -OCH3 is 1. The molecule has 6 heteroatoms. The minimum absolute atomic E-state index is 0.189. The molecule has 0 aromatic heterocycles. The van der Waals surface area contributed by atoms with E-state index in [4.69, 9.17) is 0 Å². The summed E-state index contributed by atoms with van der Waals surface area (Å²) < 4.78 is 46.3. The first-order valence-electron chi connectivity index (χ1n) is 8.05. The van der Waals surface area contributed by atoms with Crippen LogP contribution in [0.15, 0.2) is 48.5 Å². The zero-order valence-electron chi connectivity index (χ0n) is 15.1. The fourth-order valence-corrected chi connectivity index (χ4v) is 3.01. The predicted molar refractivity (Wildman–Crippen MR) is 92.2 cm³/mol. The molecule has 0 spiro atoms. The molecule has 0 aliphatic heterocycles. The van der Waals surface area contributed by atoms with Gasteiger partial charge in [0.25, 0.3) is 0 Å². The molecule has 26 heavy (non-hydrogen) atoms. The molecule has 1 unspecified atom stereocenters. The van der Waals surface area contributed by atoms with Crippen LogP contribution in [-0.4, -0.2) is 19.4 Å². The van der Waals surface area contributed by atoms with Gasteiger partial charge in [-0.05, 0) is 40.8 Å². The zero-order valence-corrected chi connectivity index (χ0v) is 15.1. The Hall–Kier alpha value is -2.50. The van der Waals surface area contributed by atoms with Gasteiger partial charge in [-0.3, -0.25) is 0 Å². The summed E-state index contributed by atoms with van der Waals surface area (Å²) in [5, 5.41) is 0. The van der Waals surface area contributed by atoms with Crippen molar-refractivity contribution < 1.29 is 27.4 Å². The molecule has 0 saturated heterocycles. The Kier molecular flexibility index (Phi) is 5.64. The molecular weight excluding hydrogens is 345 g/mol. The molecule has 2 aromatic carbocycles. The van der Waals surface area contributed by atoms with Crippen molar-refractivity contribution in [3.63, 3.8) is 0 Å². The Bertz CT molecular complexity index is 759. The minimum atomic E-state index is -4.74. The van der Waals surface area contributed by atoms with E-state index >= 15 is 0 Å². The van der Waals surface area contributed by atoms with Gasteiger partial charge in [0.15, 0.2) is 0 Å². The van der Waals surface area contributed by atoms with Crippen molar-refractivity contribution in [3.05, 3.63) is 65.2 Å². The molecule has 0 heterocycles. The summed E-state index contributed by atoms with van der Waals surface area (Å²) in [4.78, 5) is 11.6. The van der Waals surface area contributed by atoms with Gasteiger partial charge in [0, 0.05) is 5.92 Å². The van der Waals surface area contributed by atoms with Gasteiger partial charge < -0.3 is 9.47 Å². The van der Waals surface area contributed by atoms with E-state index < -0.39 is 12.3 Å².